The quantitative estimate of drug-likeness (QED) is 0.684. The zero-order valence-electron chi connectivity index (χ0n) is 8.58. The number of nitrogens with one attached hydrogen (secondary N) is 1. The topological polar surface area (TPSA) is 73.1 Å². The molecule has 1 saturated carbocycles. The predicted molar refractivity (Wildman–Crippen MR) is 51.1 cm³/mol. The molecule has 14 heavy (non-hydrogen) atoms. The Labute approximate surface area is 83.9 Å². The molecule has 0 aromatic heterocycles. The highest BCUT2D eigenvalue weighted by molar-refractivity contribution is 5.88. The zero-order valence-corrected chi connectivity index (χ0v) is 8.58. The Morgan fingerprint density at radius 1 is 1.64 bits per heavy atom. The number of carbonyl (C=O) groups excluding carboxylic acids is 1. The van der Waals surface area contributed by atoms with Gasteiger partial charge in [0.15, 0.2) is 0 Å². The summed E-state index contributed by atoms with van der Waals surface area (Å²) < 4.78 is 0. The van der Waals surface area contributed by atoms with Gasteiger partial charge in [0.05, 0.1) is 6.07 Å². The van der Waals surface area contributed by atoms with Gasteiger partial charge in [-0.15, -0.1) is 0 Å². The monoisotopic (exact) mass is 196 g/mol. The van der Waals surface area contributed by atoms with Crippen LogP contribution >= 0.6 is 0 Å². The van der Waals surface area contributed by atoms with Crippen molar-refractivity contribution in [2.45, 2.75) is 32.7 Å². The van der Waals surface area contributed by atoms with Gasteiger partial charge < -0.3 is 10.4 Å². The average molecular weight is 196 g/mol. The number of amides is 1. The van der Waals surface area contributed by atoms with E-state index in [1.165, 1.54) is 0 Å². The largest absolute Gasteiger partial charge is 0.396 e. The van der Waals surface area contributed by atoms with Crippen molar-refractivity contribution in [3.63, 3.8) is 0 Å². The van der Waals surface area contributed by atoms with E-state index in [2.05, 4.69) is 5.32 Å². The smallest absolute Gasteiger partial charge is 0.240 e. The van der Waals surface area contributed by atoms with Crippen molar-refractivity contribution in [3.05, 3.63) is 0 Å². The van der Waals surface area contributed by atoms with Crippen LogP contribution in [0.3, 0.4) is 0 Å². The summed E-state index contributed by atoms with van der Waals surface area (Å²) in [6.07, 6.45) is 1.32. The van der Waals surface area contributed by atoms with Crippen LogP contribution in [0, 0.1) is 22.7 Å². The zero-order chi connectivity index (χ0) is 10.8. The van der Waals surface area contributed by atoms with Crippen LogP contribution in [0.4, 0.5) is 0 Å². The lowest BCUT2D eigenvalue weighted by Gasteiger charge is -2.20. The van der Waals surface area contributed by atoms with Gasteiger partial charge in [0, 0.05) is 12.6 Å². The lowest BCUT2D eigenvalue weighted by molar-refractivity contribution is -0.125. The Morgan fingerprint density at radius 2 is 2.21 bits per heavy atom. The van der Waals surface area contributed by atoms with Gasteiger partial charge in [0.25, 0.3) is 0 Å². The van der Waals surface area contributed by atoms with E-state index in [-0.39, 0.29) is 24.5 Å². The number of nitriles is 1. The summed E-state index contributed by atoms with van der Waals surface area (Å²) in [6, 6.07) is 1.96. The number of carbonyl (C=O) groups is 1. The van der Waals surface area contributed by atoms with E-state index in [0.29, 0.717) is 12.8 Å². The number of hydrogen-bond donors (Lipinski definition) is 2. The van der Waals surface area contributed by atoms with E-state index in [1.807, 2.05) is 19.9 Å². The first-order valence-electron chi connectivity index (χ1n) is 4.89. The van der Waals surface area contributed by atoms with Crippen LogP contribution in [0.2, 0.25) is 0 Å². The van der Waals surface area contributed by atoms with Gasteiger partial charge in [-0.05, 0) is 25.7 Å². The van der Waals surface area contributed by atoms with Crippen LogP contribution in [-0.2, 0) is 4.79 Å². The van der Waals surface area contributed by atoms with Crippen molar-refractivity contribution < 1.29 is 9.90 Å². The maximum absolute atomic E-state index is 11.6. The predicted octanol–water partition coefficient (Wildman–Crippen LogP) is 0.423. The molecule has 4 nitrogen and oxygen atoms in total. The second-order valence-corrected chi connectivity index (χ2v) is 4.12. The molecule has 0 spiro atoms. The molecule has 2 N–H and O–H groups in total. The molecule has 1 aliphatic rings. The van der Waals surface area contributed by atoms with Gasteiger partial charge in [0.1, 0.15) is 5.41 Å². The van der Waals surface area contributed by atoms with E-state index in [0.717, 1.165) is 0 Å². The minimum absolute atomic E-state index is 0.0217. The van der Waals surface area contributed by atoms with E-state index in [4.69, 9.17) is 10.4 Å². The van der Waals surface area contributed by atoms with Crippen molar-refractivity contribution in [1.82, 2.24) is 5.32 Å². The van der Waals surface area contributed by atoms with E-state index < -0.39 is 5.41 Å². The summed E-state index contributed by atoms with van der Waals surface area (Å²) in [5, 5.41) is 20.4. The Bertz CT molecular complexity index is 266. The second-order valence-electron chi connectivity index (χ2n) is 4.12. The molecule has 1 fully saturated rings. The molecule has 0 radical (unpaired) electrons. The fraction of sp³-hybridized carbons (Fsp3) is 0.800. The van der Waals surface area contributed by atoms with Gasteiger partial charge >= 0.3 is 0 Å². The molecular formula is C10H16N2O2. The third kappa shape index (κ3) is 2.05. The highest BCUT2D eigenvalue weighted by Gasteiger charge is 2.50. The molecule has 2 unspecified atom stereocenters. The molecule has 1 rings (SSSR count). The molecule has 1 aliphatic carbocycles. The molecule has 4 heteroatoms. The summed E-state index contributed by atoms with van der Waals surface area (Å²) in [5.74, 6) is -0.166. The van der Waals surface area contributed by atoms with E-state index >= 15 is 0 Å². The van der Waals surface area contributed by atoms with Gasteiger partial charge in [-0.1, -0.05) is 6.92 Å². The summed E-state index contributed by atoms with van der Waals surface area (Å²) >= 11 is 0. The second kappa shape index (κ2) is 3.97. The van der Waals surface area contributed by atoms with Crippen LogP contribution in [0.1, 0.15) is 26.7 Å². The van der Waals surface area contributed by atoms with Crippen LogP contribution < -0.4 is 5.32 Å². The molecule has 0 heterocycles. The Hall–Kier alpha value is -1.08. The fourth-order valence-corrected chi connectivity index (χ4v) is 1.16. The van der Waals surface area contributed by atoms with E-state index in [9.17, 15) is 4.79 Å². The van der Waals surface area contributed by atoms with Crippen molar-refractivity contribution in [3.8, 4) is 6.07 Å². The maximum Gasteiger partial charge on any atom is 0.240 e. The van der Waals surface area contributed by atoms with Crippen LogP contribution in [0.5, 0.6) is 0 Å². The highest BCUT2D eigenvalue weighted by atomic mass is 16.3. The van der Waals surface area contributed by atoms with Crippen LogP contribution in [-0.4, -0.2) is 23.7 Å². The molecule has 0 aromatic rings. The van der Waals surface area contributed by atoms with Gasteiger partial charge in [0.2, 0.25) is 5.91 Å². The van der Waals surface area contributed by atoms with Crippen molar-refractivity contribution >= 4 is 5.91 Å². The molecule has 1 amide bonds. The van der Waals surface area contributed by atoms with Gasteiger partial charge in [-0.25, -0.2) is 0 Å². The van der Waals surface area contributed by atoms with Gasteiger partial charge in [-0.2, -0.15) is 5.26 Å². The van der Waals surface area contributed by atoms with Crippen molar-refractivity contribution in [1.29, 1.82) is 5.26 Å². The summed E-state index contributed by atoms with van der Waals surface area (Å²) in [7, 11) is 0. The highest BCUT2D eigenvalue weighted by Crippen LogP contribution is 2.45. The molecule has 0 aromatic carbocycles. The molecule has 0 saturated heterocycles. The first-order chi connectivity index (χ1) is 6.55. The molecule has 78 valence electrons. The normalized spacial score (nSPS) is 21.9. The molecule has 0 bridgehead atoms. The number of rotatable bonds is 4. The van der Waals surface area contributed by atoms with E-state index in [1.54, 1.807) is 0 Å². The SMILES string of the molecule is CC(CO)C(C)NC(=O)C1(C#N)CC1. The Kier molecular flexibility index (Phi) is 3.12. The summed E-state index contributed by atoms with van der Waals surface area (Å²) in [6.45, 7) is 3.74. The Balaban J connectivity index is 2.46. The molecular weight excluding hydrogens is 180 g/mol. The number of aliphatic hydroxyl groups excluding tert-OH is 1. The van der Waals surface area contributed by atoms with Crippen molar-refractivity contribution in [2.24, 2.45) is 11.3 Å². The first-order valence-corrected chi connectivity index (χ1v) is 4.89. The third-order valence-electron chi connectivity index (χ3n) is 2.90. The minimum atomic E-state index is -0.760. The lowest BCUT2D eigenvalue weighted by Crippen LogP contribution is -2.42. The van der Waals surface area contributed by atoms with Crippen molar-refractivity contribution in [2.75, 3.05) is 6.61 Å². The standard InChI is InChI=1S/C10H16N2O2/c1-7(5-13)8(2)12-9(14)10(6-11)3-4-10/h7-8,13H,3-5H2,1-2H3,(H,12,14). The minimum Gasteiger partial charge on any atom is -0.396 e. The van der Waals surface area contributed by atoms with Crippen LogP contribution in [0.15, 0.2) is 0 Å². The lowest BCUT2D eigenvalue weighted by atomic mass is 10.0. The molecule has 2 atom stereocenters. The van der Waals surface area contributed by atoms with Crippen LogP contribution in [0.25, 0.3) is 0 Å². The Morgan fingerprint density at radius 3 is 2.57 bits per heavy atom. The summed E-state index contributed by atoms with van der Waals surface area (Å²) in [4.78, 5) is 11.6. The number of aliphatic hydroxyl groups is 1. The first kappa shape index (κ1) is 11.0. The average Bonchev–Trinajstić information content (AvgIpc) is 2.96. The summed E-state index contributed by atoms with van der Waals surface area (Å²) in [5.41, 5.74) is -0.760. The third-order valence-corrected chi connectivity index (χ3v) is 2.90. The molecule has 0 aliphatic heterocycles. The fourth-order valence-electron chi connectivity index (χ4n) is 1.16. The maximum atomic E-state index is 11.6. The van der Waals surface area contributed by atoms with Gasteiger partial charge in [-0.3, -0.25) is 4.79 Å². The number of nitrogens with zero attached hydrogens (tertiary/aromatic N) is 1. The number of hydrogen-bond acceptors (Lipinski definition) is 3.